The van der Waals surface area contributed by atoms with Crippen LogP contribution in [0.1, 0.15) is 11.1 Å². The highest BCUT2D eigenvalue weighted by Gasteiger charge is 2.27. The van der Waals surface area contributed by atoms with Gasteiger partial charge in [-0.1, -0.05) is 17.4 Å². The van der Waals surface area contributed by atoms with E-state index in [1.165, 1.54) is 15.6 Å². The second-order valence-electron chi connectivity index (χ2n) is 8.02. The summed E-state index contributed by atoms with van der Waals surface area (Å²) in [5, 5.41) is 3.14. The number of sulfonamides is 1. The third-order valence-corrected chi connectivity index (χ3v) is 8.10. The largest absolute Gasteiger partial charge is 0.484 e. The van der Waals surface area contributed by atoms with E-state index in [0.717, 1.165) is 11.1 Å². The number of carbonyl (C=O) groups is 1. The highest BCUT2D eigenvalue weighted by Crippen LogP contribution is 2.29. The normalized spacial score (nSPS) is 15.7. The van der Waals surface area contributed by atoms with Crippen molar-refractivity contribution in [2.75, 3.05) is 45.2 Å². The molecule has 1 aromatic heterocycles. The molecule has 3 aromatic rings. The van der Waals surface area contributed by atoms with E-state index in [2.05, 4.69) is 15.2 Å². The van der Waals surface area contributed by atoms with E-state index < -0.39 is 10.0 Å². The molecule has 0 radical (unpaired) electrons. The van der Waals surface area contributed by atoms with Crippen LogP contribution in [0.5, 0.6) is 5.75 Å². The predicted molar refractivity (Wildman–Crippen MR) is 126 cm³/mol. The van der Waals surface area contributed by atoms with Crippen molar-refractivity contribution < 1.29 is 17.9 Å². The molecule has 1 amide bonds. The van der Waals surface area contributed by atoms with Crippen molar-refractivity contribution in [3.63, 3.8) is 0 Å². The van der Waals surface area contributed by atoms with Crippen molar-refractivity contribution in [3.8, 4) is 5.75 Å². The van der Waals surface area contributed by atoms with E-state index in [-0.39, 0.29) is 17.4 Å². The minimum absolute atomic E-state index is 0.137. The highest BCUT2D eigenvalue weighted by atomic mass is 32.2. The molecule has 0 bridgehead atoms. The number of fused-ring (bicyclic) bond motifs is 1. The van der Waals surface area contributed by atoms with Crippen LogP contribution in [-0.2, 0) is 14.8 Å². The third kappa shape index (κ3) is 5.09. The van der Waals surface area contributed by atoms with E-state index in [9.17, 15) is 13.2 Å². The Bertz CT molecular complexity index is 1230. The van der Waals surface area contributed by atoms with E-state index in [1.807, 2.05) is 39.1 Å². The maximum atomic E-state index is 13.0. The molecule has 1 fully saturated rings. The van der Waals surface area contributed by atoms with Crippen LogP contribution in [0.2, 0.25) is 0 Å². The molecule has 0 aliphatic carbocycles. The number of ether oxygens (including phenoxy) is 1. The molecule has 0 spiro atoms. The summed E-state index contributed by atoms with van der Waals surface area (Å²) >= 11 is 1.24. The van der Waals surface area contributed by atoms with Crippen LogP contribution in [0.4, 0.5) is 5.13 Å². The van der Waals surface area contributed by atoms with Gasteiger partial charge in [0.05, 0.1) is 15.1 Å². The predicted octanol–water partition coefficient (Wildman–Crippen LogP) is 2.87. The number of hydrogen-bond donors (Lipinski definition) is 1. The van der Waals surface area contributed by atoms with Gasteiger partial charge in [0, 0.05) is 26.2 Å². The number of piperazine rings is 1. The summed E-state index contributed by atoms with van der Waals surface area (Å²) in [7, 11) is -1.58. The van der Waals surface area contributed by atoms with Gasteiger partial charge >= 0.3 is 0 Å². The van der Waals surface area contributed by atoms with Gasteiger partial charge in [-0.05, 0) is 62.4 Å². The van der Waals surface area contributed by atoms with Crippen LogP contribution >= 0.6 is 11.3 Å². The Labute approximate surface area is 191 Å². The molecule has 10 heteroatoms. The third-order valence-electron chi connectivity index (χ3n) is 5.27. The van der Waals surface area contributed by atoms with Crippen molar-refractivity contribution in [2.24, 2.45) is 0 Å². The van der Waals surface area contributed by atoms with Gasteiger partial charge in [0.15, 0.2) is 11.7 Å². The molecule has 0 saturated carbocycles. The van der Waals surface area contributed by atoms with Gasteiger partial charge in [0.25, 0.3) is 5.91 Å². The van der Waals surface area contributed by atoms with Crippen LogP contribution in [0, 0.1) is 13.8 Å². The number of aryl methyl sites for hydroxylation is 2. The first-order chi connectivity index (χ1) is 15.2. The smallest absolute Gasteiger partial charge is 0.264 e. The zero-order valence-electron chi connectivity index (χ0n) is 18.3. The van der Waals surface area contributed by atoms with Gasteiger partial charge in [0.1, 0.15) is 5.75 Å². The number of nitrogens with zero attached hydrogens (tertiary/aromatic N) is 3. The number of carbonyl (C=O) groups excluding carboxylic acids is 1. The maximum absolute atomic E-state index is 13.0. The summed E-state index contributed by atoms with van der Waals surface area (Å²) in [6.07, 6.45) is 0. The van der Waals surface area contributed by atoms with Crippen LogP contribution in [0.15, 0.2) is 41.3 Å². The van der Waals surface area contributed by atoms with Gasteiger partial charge in [-0.25, -0.2) is 13.4 Å². The summed E-state index contributed by atoms with van der Waals surface area (Å²) in [5.74, 6) is 0.314. The molecular formula is C22H26N4O4S2. The number of aromatic nitrogens is 1. The van der Waals surface area contributed by atoms with Crippen molar-refractivity contribution in [2.45, 2.75) is 18.7 Å². The van der Waals surface area contributed by atoms with Crippen molar-refractivity contribution >= 4 is 42.6 Å². The van der Waals surface area contributed by atoms with Crippen LogP contribution < -0.4 is 10.1 Å². The lowest BCUT2D eigenvalue weighted by atomic mass is 10.1. The first kappa shape index (κ1) is 22.7. The molecule has 170 valence electrons. The Kier molecular flexibility index (Phi) is 6.47. The number of benzene rings is 2. The topological polar surface area (TPSA) is 91.8 Å². The second-order valence-corrected chi connectivity index (χ2v) is 11.0. The van der Waals surface area contributed by atoms with Gasteiger partial charge in [0.2, 0.25) is 10.0 Å². The fourth-order valence-corrected chi connectivity index (χ4v) is 6.06. The Hall–Kier alpha value is -2.53. The van der Waals surface area contributed by atoms with E-state index >= 15 is 0 Å². The Morgan fingerprint density at radius 1 is 1.09 bits per heavy atom. The van der Waals surface area contributed by atoms with Gasteiger partial charge in [-0.15, -0.1) is 0 Å². The monoisotopic (exact) mass is 474 g/mol. The lowest BCUT2D eigenvalue weighted by Gasteiger charge is -2.31. The van der Waals surface area contributed by atoms with Crippen molar-refractivity contribution in [3.05, 3.63) is 47.5 Å². The number of thiazole rings is 1. The molecule has 1 aliphatic rings. The summed E-state index contributed by atoms with van der Waals surface area (Å²) in [6.45, 7) is 6.17. The maximum Gasteiger partial charge on any atom is 0.264 e. The first-order valence-corrected chi connectivity index (χ1v) is 12.6. The Morgan fingerprint density at radius 2 is 1.78 bits per heavy atom. The van der Waals surface area contributed by atoms with E-state index in [1.54, 1.807) is 18.2 Å². The number of amides is 1. The highest BCUT2D eigenvalue weighted by molar-refractivity contribution is 7.89. The first-order valence-electron chi connectivity index (χ1n) is 10.3. The molecular weight excluding hydrogens is 448 g/mol. The Morgan fingerprint density at radius 3 is 2.47 bits per heavy atom. The lowest BCUT2D eigenvalue weighted by molar-refractivity contribution is -0.118. The van der Waals surface area contributed by atoms with E-state index in [0.29, 0.717) is 47.3 Å². The molecule has 32 heavy (non-hydrogen) atoms. The second kappa shape index (κ2) is 9.14. The van der Waals surface area contributed by atoms with Crippen LogP contribution in [0.25, 0.3) is 10.2 Å². The zero-order valence-corrected chi connectivity index (χ0v) is 19.9. The van der Waals surface area contributed by atoms with Gasteiger partial charge in [-0.2, -0.15) is 4.31 Å². The Balaban J connectivity index is 1.44. The molecule has 0 unspecified atom stereocenters. The summed E-state index contributed by atoms with van der Waals surface area (Å²) in [5.41, 5.74) is 2.76. The van der Waals surface area contributed by atoms with Gasteiger partial charge in [-0.3, -0.25) is 10.1 Å². The summed E-state index contributed by atoms with van der Waals surface area (Å²) in [4.78, 5) is 19.1. The fraction of sp³-hybridized carbons (Fsp3) is 0.364. The van der Waals surface area contributed by atoms with Crippen molar-refractivity contribution in [1.29, 1.82) is 0 Å². The van der Waals surface area contributed by atoms with Gasteiger partial charge < -0.3 is 9.64 Å². The molecule has 2 heterocycles. The fourth-order valence-electron chi connectivity index (χ4n) is 3.62. The average Bonchev–Trinajstić information content (AvgIpc) is 3.13. The minimum atomic E-state index is -3.56. The molecule has 2 aromatic carbocycles. The molecule has 1 saturated heterocycles. The van der Waals surface area contributed by atoms with Crippen LogP contribution in [0.3, 0.4) is 0 Å². The van der Waals surface area contributed by atoms with E-state index in [4.69, 9.17) is 4.74 Å². The average molecular weight is 475 g/mol. The molecule has 1 N–H and O–H groups in total. The number of nitrogens with one attached hydrogen (secondary N) is 1. The standard InChI is InChI=1S/C22H26N4O4S2/c1-15-10-16(2)12-17(11-15)30-14-21(27)24-22-23-19-5-4-18(13-20(19)31-22)32(28,29)26-8-6-25(3)7-9-26/h4-5,10-13H,6-9,14H2,1-3H3,(H,23,24,27). The molecule has 1 aliphatic heterocycles. The number of rotatable bonds is 6. The minimum Gasteiger partial charge on any atom is -0.484 e. The molecule has 8 nitrogen and oxygen atoms in total. The number of hydrogen-bond acceptors (Lipinski definition) is 7. The quantitative estimate of drug-likeness (QED) is 0.591. The van der Waals surface area contributed by atoms with Crippen molar-refractivity contribution in [1.82, 2.24) is 14.2 Å². The summed E-state index contributed by atoms with van der Waals surface area (Å²) in [6, 6.07) is 10.7. The number of likely N-dealkylation sites (N-methyl/N-ethyl adjacent to an activating group) is 1. The zero-order chi connectivity index (χ0) is 22.9. The number of anilines is 1. The van der Waals surface area contributed by atoms with Crippen LogP contribution in [-0.4, -0.2) is 68.3 Å². The molecule has 4 rings (SSSR count). The summed E-state index contributed by atoms with van der Waals surface area (Å²) < 4.78 is 33.8. The lowest BCUT2D eigenvalue weighted by Crippen LogP contribution is -2.46. The SMILES string of the molecule is Cc1cc(C)cc(OCC(=O)Nc2nc3ccc(S(=O)(=O)N4CCN(C)CC4)cc3s2)c1. The molecule has 0 atom stereocenters.